The molecule has 1 heterocycles. The number of aliphatic hydroxyl groups excluding tert-OH is 1. The van der Waals surface area contributed by atoms with Crippen molar-refractivity contribution >= 4 is 11.9 Å². The van der Waals surface area contributed by atoms with E-state index in [1.54, 1.807) is 12.2 Å². The van der Waals surface area contributed by atoms with Gasteiger partial charge in [0, 0.05) is 19.0 Å². The van der Waals surface area contributed by atoms with Crippen LogP contribution in [0.3, 0.4) is 0 Å². The maximum Gasteiger partial charge on any atom is 0.326 e. The molecule has 1 amide bonds. The SMILES string of the molecule is NC1C=CC(C(=O)N2C[C@H](O)C[C@@H]2C(=O)O)C1. The fourth-order valence-electron chi connectivity index (χ4n) is 2.41. The summed E-state index contributed by atoms with van der Waals surface area (Å²) in [7, 11) is 0. The lowest BCUT2D eigenvalue weighted by Gasteiger charge is -2.24. The molecule has 2 aliphatic rings. The fourth-order valence-corrected chi connectivity index (χ4v) is 2.41. The van der Waals surface area contributed by atoms with Crippen LogP contribution in [0.15, 0.2) is 12.2 Å². The summed E-state index contributed by atoms with van der Waals surface area (Å²) < 4.78 is 0. The van der Waals surface area contributed by atoms with Crippen LogP contribution in [-0.2, 0) is 9.59 Å². The Labute approximate surface area is 98.7 Å². The second kappa shape index (κ2) is 4.46. The molecule has 2 rings (SSSR count). The second-order valence-electron chi connectivity index (χ2n) is 4.63. The van der Waals surface area contributed by atoms with Crippen LogP contribution >= 0.6 is 0 Å². The summed E-state index contributed by atoms with van der Waals surface area (Å²) in [6.45, 7) is 0.0926. The third-order valence-corrected chi connectivity index (χ3v) is 3.28. The van der Waals surface area contributed by atoms with E-state index in [0.29, 0.717) is 6.42 Å². The lowest BCUT2D eigenvalue weighted by atomic mass is 10.1. The molecule has 0 aromatic rings. The van der Waals surface area contributed by atoms with Crippen LogP contribution in [-0.4, -0.2) is 51.7 Å². The first-order valence-corrected chi connectivity index (χ1v) is 5.64. The van der Waals surface area contributed by atoms with E-state index < -0.39 is 18.1 Å². The van der Waals surface area contributed by atoms with Gasteiger partial charge in [-0.25, -0.2) is 4.79 Å². The van der Waals surface area contributed by atoms with Crippen molar-refractivity contribution < 1.29 is 19.8 Å². The lowest BCUT2D eigenvalue weighted by molar-refractivity contribution is -0.149. The predicted molar refractivity (Wildman–Crippen MR) is 59.0 cm³/mol. The number of hydrogen-bond donors (Lipinski definition) is 3. The first kappa shape index (κ1) is 12.1. The average molecular weight is 240 g/mol. The van der Waals surface area contributed by atoms with Crippen molar-refractivity contribution in [1.29, 1.82) is 0 Å². The molecule has 4 N–H and O–H groups in total. The Morgan fingerprint density at radius 1 is 1.29 bits per heavy atom. The molecule has 0 radical (unpaired) electrons. The summed E-state index contributed by atoms with van der Waals surface area (Å²) in [4.78, 5) is 24.3. The summed E-state index contributed by atoms with van der Waals surface area (Å²) in [6, 6.07) is -1.05. The quantitative estimate of drug-likeness (QED) is 0.533. The van der Waals surface area contributed by atoms with E-state index in [1.165, 1.54) is 4.90 Å². The lowest BCUT2D eigenvalue weighted by Crippen LogP contribution is -2.43. The van der Waals surface area contributed by atoms with Crippen LogP contribution in [0, 0.1) is 5.92 Å². The molecule has 4 atom stereocenters. The first-order valence-electron chi connectivity index (χ1n) is 5.64. The average Bonchev–Trinajstić information content (AvgIpc) is 2.83. The Balaban J connectivity index is 2.08. The summed E-state index contributed by atoms with van der Waals surface area (Å²) in [5, 5.41) is 18.5. The van der Waals surface area contributed by atoms with Gasteiger partial charge in [-0.3, -0.25) is 4.79 Å². The van der Waals surface area contributed by atoms with E-state index in [-0.39, 0.29) is 30.8 Å². The van der Waals surface area contributed by atoms with Crippen LogP contribution in [0.25, 0.3) is 0 Å². The van der Waals surface area contributed by atoms with E-state index in [2.05, 4.69) is 0 Å². The molecule has 0 saturated carbocycles. The topological polar surface area (TPSA) is 104 Å². The van der Waals surface area contributed by atoms with E-state index in [4.69, 9.17) is 10.8 Å². The summed E-state index contributed by atoms with van der Waals surface area (Å²) >= 11 is 0. The number of carboxylic acids is 1. The second-order valence-corrected chi connectivity index (χ2v) is 4.63. The Hall–Kier alpha value is -1.40. The van der Waals surface area contributed by atoms with Gasteiger partial charge in [0.2, 0.25) is 5.91 Å². The van der Waals surface area contributed by atoms with Crippen LogP contribution < -0.4 is 5.73 Å². The highest BCUT2D eigenvalue weighted by molar-refractivity contribution is 5.87. The first-order chi connectivity index (χ1) is 7.99. The van der Waals surface area contributed by atoms with Crippen molar-refractivity contribution in [2.24, 2.45) is 11.7 Å². The molecule has 0 bridgehead atoms. The molecule has 1 fully saturated rings. The van der Waals surface area contributed by atoms with Gasteiger partial charge in [0.15, 0.2) is 0 Å². The van der Waals surface area contributed by atoms with Gasteiger partial charge in [0.25, 0.3) is 0 Å². The molecule has 0 aromatic carbocycles. The van der Waals surface area contributed by atoms with Gasteiger partial charge in [-0.15, -0.1) is 0 Å². The fraction of sp³-hybridized carbons (Fsp3) is 0.636. The summed E-state index contributed by atoms with van der Waals surface area (Å²) in [6.07, 6.45) is 3.34. The van der Waals surface area contributed by atoms with Crippen LogP contribution in [0.2, 0.25) is 0 Å². The molecule has 94 valence electrons. The molecule has 6 nitrogen and oxygen atoms in total. The number of aliphatic hydroxyl groups is 1. The number of nitrogens with zero attached hydrogens (tertiary/aromatic N) is 1. The van der Waals surface area contributed by atoms with Crippen molar-refractivity contribution in [3.8, 4) is 0 Å². The monoisotopic (exact) mass is 240 g/mol. The van der Waals surface area contributed by atoms with Crippen molar-refractivity contribution in [2.45, 2.75) is 31.0 Å². The highest BCUT2D eigenvalue weighted by Crippen LogP contribution is 2.25. The van der Waals surface area contributed by atoms with Crippen LogP contribution in [0.4, 0.5) is 0 Å². The number of carboxylic acid groups (broad SMARTS) is 1. The number of rotatable bonds is 2. The highest BCUT2D eigenvalue weighted by Gasteiger charge is 2.41. The highest BCUT2D eigenvalue weighted by atomic mass is 16.4. The maximum atomic E-state index is 12.1. The summed E-state index contributed by atoms with van der Waals surface area (Å²) in [5.41, 5.74) is 5.66. The molecule has 0 spiro atoms. The third kappa shape index (κ3) is 2.32. The molecule has 2 unspecified atom stereocenters. The predicted octanol–water partition coefficient (Wildman–Crippen LogP) is -1.06. The van der Waals surface area contributed by atoms with Gasteiger partial charge in [-0.05, 0) is 6.42 Å². The van der Waals surface area contributed by atoms with E-state index in [1.807, 2.05) is 0 Å². The molecule has 0 aromatic heterocycles. The zero-order valence-corrected chi connectivity index (χ0v) is 9.32. The van der Waals surface area contributed by atoms with Crippen molar-refractivity contribution in [3.63, 3.8) is 0 Å². The van der Waals surface area contributed by atoms with E-state index >= 15 is 0 Å². The standard InChI is InChI=1S/C11H16N2O4/c12-7-2-1-6(3-7)10(15)13-5-8(14)4-9(13)11(16)17/h1-2,6-9,14H,3-5,12H2,(H,16,17)/t6?,7?,8-,9-/m1/s1. The minimum atomic E-state index is -1.07. The molecule has 1 saturated heterocycles. The van der Waals surface area contributed by atoms with E-state index in [0.717, 1.165) is 0 Å². The van der Waals surface area contributed by atoms with Gasteiger partial charge in [-0.2, -0.15) is 0 Å². The van der Waals surface area contributed by atoms with Gasteiger partial charge in [0.1, 0.15) is 6.04 Å². The number of hydrogen-bond acceptors (Lipinski definition) is 4. The molecule has 1 aliphatic heterocycles. The zero-order chi connectivity index (χ0) is 12.6. The van der Waals surface area contributed by atoms with Gasteiger partial charge in [0.05, 0.1) is 12.0 Å². The molecule has 17 heavy (non-hydrogen) atoms. The van der Waals surface area contributed by atoms with Gasteiger partial charge < -0.3 is 20.8 Å². The zero-order valence-electron chi connectivity index (χ0n) is 9.32. The number of amides is 1. The van der Waals surface area contributed by atoms with Gasteiger partial charge >= 0.3 is 5.97 Å². The molecule has 6 heteroatoms. The summed E-state index contributed by atoms with van der Waals surface area (Å²) in [5.74, 6) is -1.67. The van der Waals surface area contributed by atoms with Crippen LogP contribution in [0.5, 0.6) is 0 Å². The molecular weight excluding hydrogens is 224 g/mol. The Morgan fingerprint density at radius 3 is 2.53 bits per heavy atom. The van der Waals surface area contributed by atoms with E-state index in [9.17, 15) is 14.7 Å². The van der Waals surface area contributed by atoms with Crippen molar-refractivity contribution in [2.75, 3.05) is 6.54 Å². The Bertz CT molecular complexity index is 368. The minimum absolute atomic E-state index is 0.0926. The number of likely N-dealkylation sites (tertiary alicyclic amines) is 1. The minimum Gasteiger partial charge on any atom is -0.480 e. The number of carbonyl (C=O) groups is 2. The number of carbonyl (C=O) groups excluding carboxylic acids is 1. The number of nitrogens with two attached hydrogens (primary N) is 1. The maximum absolute atomic E-state index is 12.1. The van der Waals surface area contributed by atoms with Gasteiger partial charge in [-0.1, -0.05) is 12.2 Å². The normalized spacial score (nSPS) is 36.5. The molecular formula is C11H16N2O4. The smallest absolute Gasteiger partial charge is 0.326 e. The van der Waals surface area contributed by atoms with Crippen LogP contribution in [0.1, 0.15) is 12.8 Å². The Morgan fingerprint density at radius 2 is 2.00 bits per heavy atom. The largest absolute Gasteiger partial charge is 0.480 e. The third-order valence-electron chi connectivity index (χ3n) is 3.28. The number of β-amino-alcohol motifs (C(OH)–C–C–N with tert-alkyl or cyclic N) is 1. The van der Waals surface area contributed by atoms with Crippen molar-refractivity contribution in [3.05, 3.63) is 12.2 Å². The molecule has 1 aliphatic carbocycles. The Kier molecular flexibility index (Phi) is 3.17. The van der Waals surface area contributed by atoms with Crippen molar-refractivity contribution in [1.82, 2.24) is 4.90 Å². The number of aliphatic carboxylic acids is 1.